The van der Waals surface area contributed by atoms with Gasteiger partial charge in [-0.1, -0.05) is 11.6 Å². The number of anilines is 1. The Labute approximate surface area is 115 Å². The Morgan fingerprint density at radius 3 is 2.61 bits per heavy atom. The van der Waals surface area contributed by atoms with Crippen LogP contribution in [0.1, 0.15) is 6.42 Å². The highest BCUT2D eigenvalue weighted by molar-refractivity contribution is 9.10. The third-order valence-corrected chi connectivity index (χ3v) is 3.62. The zero-order valence-electron chi connectivity index (χ0n) is 8.91. The van der Waals surface area contributed by atoms with Crippen molar-refractivity contribution in [2.45, 2.75) is 6.42 Å². The van der Waals surface area contributed by atoms with Gasteiger partial charge in [0.2, 0.25) is 5.91 Å². The molecule has 0 radical (unpaired) electrons. The van der Waals surface area contributed by atoms with Crippen molar-refractivity contribution in [3.05, 3.63) is 27.4 Å². The molecular formula is C11H8BrClFNO3. The molecule has 1 fully saturated rings. The van der Waals surface area contributed by atoms with Crippen LogP contribution in [0.3, 0.4) is 0 Å². The third kappa shape index (κ3) is 2.64. The van der Waals surface area contributed by atoms with Crippen molar-refractivity contribution in [3.63, 3.8) is 0 Å². The second kappa shape index (κ2) is 4.85. The van der Waals surface area contributed by atoms with Crippen LogP contribution in [0.2, 0.25) is 5.02 Å². The number of carbonyl (C=O) groups excluding carboxylic acids is 1. The summed E-state index contributed by atoms with van der Waals surface area (Å²) < 4.78 is 13.3. The summed E-state index contributed by atoms with van der Waals surface area (Å²) in [6.07, 6.45) is 0.317. The Kier molecular flexibility index (Phi) is 3.59. The Balaban J connectivity index is 2.11. The van der Waals surface area contributed by atoms with E-state index in [9.17, 15) is 14.0 Å². The maximum atomic E-state index is 13.0. The lowest BCUT2D eigenvalue weighted by molar-refractivity contribution is -0.139. The van der Waals surface area contributed by atoms with Gasteiger partial charge in [0, 0.05) is 4.47 Å². The molecule has 0 aromatic heterocycles. The van der Waals surface area contributed by atoms with Gasteiger partial charge >= 0.3 is 5.97 Å². The highest BCUT2D eigenvalue weighted by atomic mass is 79.9. The largest absolute Gasteiger partial charge is 0.481 e. The van der Waals surface area contributed by atoms with E-state index in [2.05, 4.69) is 21.2 Å². The second-order valence-electron chi connectivity index (χ2n) is 4.02. The second-order valence-corrected chi connectivity index (χ2v) is 5.28. The number of carbonyl (C=O) groups is 2. The summed E-state index contributed by atoms with van der Waals surface area (Å²) in [5.41, 5.74) is 0.249. The average Bonchev–Trinajstić information content (AvgIpc) is 3.02. The van der Waals surface area contributed by atoms with E-state index in [0.29, 0.717) is 10.9 Å². The van der Waals surface area contributed by atoms with E-state index in [-0.39, 0.29) is 10.7 Å². The molecule has 96 valence electrons. The summed E-state index contributed by atoms with van der Waals surface area (Å²) in [4.78, 5) is 22.4. The monoisotopic (exact) mass is 335 g/mol. The molecule has 7 heteroatoms. The standard InChI is InChI=1S/C11H8BrClFNO3/c12-7-1-4(14)2-8(13)9(7)15-10(16)5-3-6(5)11(17)18/h1-2,5-6H,3H2,(H,15,16)(H,17,18). The van der Waals surface area contributed by atoms with Crippen LogP contribution in [-0.4, -0.2) is 17.0 Å². The lowest BCUT2D eigenvalue weighted by Crippen LogP contribution is -2.17. The molecular weight excluding hydrogens is 328 g/mol. The first kappa shape index (κ1) is 13.3. The van der Waals surface area contributed by atoms with Crippen LogP contribution in [0.5, 0.6) is 0 Å². The number of hydrogen-bond acceptors (Lipinski definition) is 2. The Hall–Kier alpha value is -1.14. The van der Waals surface area contributed by atoms with Crippen LogP contribution in [-0.2, 0) is 9.59 Å². The molecule has 2 rings (SSSR count). The zero-order valence-corrected chi connectivity index (χ0v) is 11.3. The van der Waals surface area contributed by atoms with Crippen molar-refractivity contribution in [2.24, 2.45) is 11.8 Å². The fourth-order valence-electron chi connectivity index (χ4n) is 1.64. The molecule has 0 bridgehead atoms. The zero-order chi connectivity index (χ0) is 13.4. The van der Waals surface area contributed by atoms with Gasteiger partial charge in [-0.05, 0) is 34.5 Å². The summed E-state index contributed by atoms with van der Waals surface area (Å²) >= 11 is 8.89. The number of halogens is 3. The van der Waals surface area contributed by atoms with Crippen molar-refractivity contribution in [3.8, 4) is 0 Å². The topological polar surface area (TPSA) is 66.4 Å². The lowest BCUT2D eigenvalue weighted by atomic mass is 10.2. The number of benzene rings is 1. The maximum Gasteiger partial charge on any atom is 0.307 e. The lowest BCUT2D eigenvalue weighted by Gasteiger charge is -2.09. The predicted octanol–water partition coefficient (Wildman–Crippen LogP) is 2.90. The minimum Gasteiger partial charge on any atom is -0.481 e. The minimum atomic E-state index is -0.987. The van der Waals surface area contributed by atoms with Gasteiger partial charge in [-0.25, -0.2) is 4.39 Å². The first-order chi connectivity index (χ1) is 8.40. The van der Waals surface area contributed by atoms with E-state index >= 15 is 0 Å². The van der Waals surface area contributed by atoms with Gasteiger partial charge in [-0.2, -0.15) is 0 Å². The van der Waals surface area contributed by atoms with E-state index in [4.69, 9.17) is 16.7 Å². The summed E-state index contributed by atoms with van der Waals surface area (Å²) in [6, 6.07) is 2.24. The molecule has 4 nitrogen and oxygen atoms in total. The number of nitrogens with one attached hydrogen (secondary N) is 1. The van der Waals surface area contributed by atoms with Gasteiger partial charge in [0.1, 0.15) is 5.82 Å². The molecule has 1 aliphatic carbocycles. The quantitative estimate of drug-likeness (QED) is 0.892. The molecule has 1 aliphatic rings. The van der Waals surface area contributed by atoms with E-state index < -0.39 is 29.5 Å². The number of carboxylic acid groups (broad SMARTS) is 1. The first-order valence-electron chi connectivity index (χ1n) is 5.08. The molecule has 18 heavy (non-hydrogen) atoms. The van der Waals surface area contributed by atoms with Gasteiger partial charge in [0.25, 0.3) is 0 Å². The summed E-state index contributed by atoms with van der Waals surface area (Å²) in [6.45, 7) is 0. The molecule has 1 saturated carbocycles. The molecule has 0 aliphatic heterocycles. The van der Waals surface area contributed by atoms with Gasteiger partial charge in [-0.3, -0.25) is 9.59 Å². The van der Waals surface area contributed by atoms with E-state index in [1.807, 2.05) is 0 Å². The van der Waals surface area contributed by atoms with Crippen molar-refractivity contribution >= 4 is 45.1 Å². The molecule has 0 spiro atoms. The SMILES string of the molecule is O=C(O)C1CC1C(=O)Nc1c(Cl)cc(F)cc1Br. The molecule has 1 aromatic rings. The molecule has 1 aromatic carbocycles. The van der Waals surface area contributed by atoms with Crippen LogP contribution < -0.4 is 5.32 Å². The Bertz CT molecular complexity index is 514. The highest BCUT2D eigenvalue weighted by Gasteiger charge is 2.48. The van der Waals surface area contributed by atoms with Crippen LogP contribution >= 0.6 is 27.5 Å². The van der Waals surface area contributed by atoms with E-state index in [0.717, 1.165) is 6.07 Å². The first-order valence-corrected chi connectivity index (χ1v) is 6.25. The number of carboxylic acids is 1. The fourth-order valence-corrected chi connectivity index (χ4v) is 2.53. The van der Waals surface area contributed by atoms with Crippen molar-refractivity contribution in [1.82, 2.24) is 0 Å². The van der Waals surface area contributed by atoms with Crippen LogP contribution in [0.15, 0.2) is 16.6 Å². The molecule has 0 saturated heterocycles. The molecule has 0 heterocycles. The summed E-state index contributed by atoms with van der Waals surface area (Å²) in [5.74, 6) is -3.12. The van der Waals surface area contributed by atoms with Crippen LogP contribution in [0, 0.1) is 17.7 Å². The van der Waals surface area contributed by atoms with Crippen molar-refractivity contribution in [1.29, 1.82) is 0 Å². The Morgan fingerprint density at radius 2 is 2.11 bits per heavy atom. The van der Waals surface area contributed by atoms with Gasteiger partial charge in [0.15, 0.2) is 0 Å². The van der Waals surface area contributed by atoms with Crippen LogP contribution in [0.25, 0.3) is 0 Å². The molecule has 2 N–H and O–H groups in total. The smallest absolute Gasteiger partial charge is 0.307 e. The van der Waals surface area contributed by atoms with Gasteiger partial charge in [-0.15, -0.1) is 0 Å². The summed E-state index contributed by atoms with van der Waals surface area (Å²) in [5, 5.41) is 11.3. The van der Waals surface area contributed by atoms with Crippen LogP contribution in [0.4, 0.5) is 10.1 Å². The van der Waals surface area contributed by atoms with E-state index in [1.165, 1.54) is 6.07 Å². The van der Waals surface area contributed by atoms with E-state index in [1.54, 1.807) is 0 Å². The number of rotatable bonds is 3. The average molecular weight is 337 g/mol. The molecule has 2 atom stereocenters. The summed E-state index contributed by atoms with van der Waals surface area (Å²) in [7, 11) is 0. The molecule has 2 unspecified atom stereocenters. The van der Waals surface area contributed by atoms with Gasteiger partial charge in [0.05, 0.1) is 22.5 Å². The highest BCUT2D eigenvalue weighted by Crippen LogP contribution is 2.40. The fraction of sp³-hybridized carbons (Fsp3) is 0.273. The third-order valence-electron chi connectivity index (χ3n) is 2.70. The van der Waals surface area contributed by atoms with Crippen molar-refractivity contribution < 1.29 is 19.1 Å². The predicted molar refractivity (Wildman–Crippen MR) is 67.0 cm³/mol. The molecule has 1 amide bonds. The normalized spacial score (nSPS) is 21.5. The maximum absolute atomic E-state index is 13.0. The number of aliphatic carboxylic acids is 1. The number of hydrogen-bond donors (Lipinski definition) is 2. The van der Waals surface area contributed by atoms with Crippen molar-refractivity contribution in [2.75, 3.05) is 5.32 Å². The Morgan fingerprint density at radius 1 is 1.44 bits per heavy atom. The minimum absolute atomic E-state index is 0.0581. The number of amides is 1. The van der Waals surface area contributed by atoms with Gasteiger partial charge < -0.3 is 10.4 Å².